The van der Waals surface area contributed by atoms with Gasteiger partial charge in [-0.2, -0.15) is 0 Å². The lowest BCUT2D eigenvalue weighted by Crippen LogP contribution is -2.33. The van der Waals surface area contributed by atoms with Crippen LogP contribution in [0.15, 0.2) is 22.7 Å². The molecule has 0 radical (unpaired) electrons. The van der Waals surface area contributed by atoms with Gasteiger partial charge in [0.25, 0.3) is 5.91 Å². The number of hydrogen-bond donors (Lipinski definition) is 1. The number of carbonyl (C=O) groups is 1. The second-order valence-corrected chi connectivity index (χ2v) is 4.52. The maximum atomic E-state index is 12.1. The van der Waals surface area contributed by atoms with Crippen LogP contribution in [0.25, 0.3) is 0 Å². The summed E-state index contributed by atoms with van der Waals surface area (Å²) in [5.41, 5.74) is 0.516. The number of aliphatic hydroxyl groups excluding tert-OH is 1. The molecule has 1 N–H and O–H groups in total. The van der Waals surface area contributed by atoms with E-state index in [1.807, 2.05) is 6.92 Å². The van der Waals surface area contributed by atoms with Crippen molar-refractivity contribution in [2.45, 2.75) is 6.92 Å². The number of likely N-dealkylation sites (N-methyl/N-ethyl adjacent to an activating group) is 1. The zero-order valence-corrected chi connectivity index (χ0v) is 11.3. The quantitative estimate of drug-likeness (QED) is 0.929. The maximum Gasteiger partial charge on any atom is 0.255 e. The predicted molar refractivity (Wildman–Crippen MR) is 67.8 cm³/mol. The summed E-state index contributed by atoms with van der Waals surface area (Å²) in [6, 6.07) is 5.07. The van der Waals surface area contributed by atoms with Crippen LogP contribution in [0, 0.1) is 0 Å². The third-order valence-corrected chi connectivity index (χ3v) is 3.12. The molecule has 0 aromatic heterocycles. The SMILES string of the molecule is CCN(CCO)C(=O)c1cc(Cl)ccc1Br. The lowest BCUT2D eigenvalue weighted by atomic mass is 10.2. The highest BCUT2D eigenvalue weighted by molar-refractivity contribution is 9.10. The molecule has 1 amide bonds. The molecule has 0 aliphatic heterocycles. The Balaban J connectivity index is 2.98. The van der Waals surface area contributed by atoms with Crippen LogP contribution in [-0.2, 0) is 0 Å². The van der Waals surface area contributed by atoms with Crippen molar-refractivity contribution in [3.63, 3.8) is 0 Å². The highest BCUT2D eigenvalue weighted by atomic mass is 79.9. The van der Waals surface area contributed by atoms with Crippen molar-refractivity contribution >= 4 is 33.4 Å². The number of carbonyl (C=O) groups excluding carboxylic acids is 1. The fourth-order valence-electron chi connectivity index (χ4n) is 1.36. The normalized spacial score (nSPS) is 10.2. The molecule has 0 aliphatic rings. The van der Waals surface area contributed by atoms with Gasteiger partial charge < -0.3 is 10.0 Å². The zero-order valence-electron chi connectivity index (χ0n) is 8.91. The van der Waals surface area contributed by atoms with E-state index >= 15 is 0 Å². The van der Waals surface area contributed by atoms with Crippen molar-refractivity contribution in [1.29, 1.82) is 0 Å². The molecule has 0 aliphatic carbocycles. The van der Waals surface area contributed by atoms with E-state index in [4.69, 9.17) is 16.7 Å². The van der Waals surface area contributed by atoms with Crippen LogP contribution in [0.2, 0.25) is 5.02 Å². The summed E-state index contributed by atoms with van der Waals surface area (Å²) in [6.07, 6.45) is 0. The molecule has 3 nitrogen and oxygen atoms in total. The lowest BCUT2D eigenvalue weighted by molar-refractivity contribution is 0.0731. The van der Waals surface area contributed by atoms with Gasteiger partial charge in [0, 0.05) is 22.6 Å². The Labute approximate surface area is 108 Å². The van der Waals surface area contributed by atoms with Crippen molar-refractivity contribution in [3.05, 3.63) is 33.3 Å². The molecule has 5 heteroatoms. The van der Waals surface area contributed by atoms with Crippen molar-refractivity contribution in [1.82, 2.24) is 4.90 Å². The first-order valence-electron chi connectivity index (χ1n) is 4.95. The van der Waals surface area contributed by atoms with E-state index in [0.717, 1.165) is 0 Å². The molecule has 0 spiro atoms. The van der Waals surface area contributed by atoms with Crippen molar-refractivity contribution in [2.75, 3.05) is 19.7 Å². The van der Waals surface area contributed by atoms with Gasteiger partial charge in [0.05, 0.1) is 12.2 Å². The van der Waals surface area contributed by atoms with Crippen LogP contribution >= 0.6 is 27.5 Å². The first kappa shape index (κ1) is 13.5. The van der Waals surface area contributed by atoms with Gasteiger partial charge in [0.1, 0.15) is 0 Å². The third-order valence-electron chi connectivity index (χ3n) is 2.20. The van der Waals surface area contributed by atoms with Gasteiger partial charge in [-0.25, -0.2) is 0 Å². The minimum atomic E-state index is -0.133. The van der Waals surface area contributed by atoms with Crippen LogP contribution in [0.3, 0.4) is 0 Å². The smallest absolute Gasteiger partial charge is 0.255 e. The van der Waals surface area contributed by atoms with Gasteiger partial charge >= 0.3 is 0 Å². The fraction of sp³-hybridized carbons (Fsp3) is 0.364. The maximum absolute atomic E-state index is 12.1. The highest BCUT2D eigenvalue weighted by Crippen LogP contribution is 2.22. The monoisotopic (exact) mass is 305 g/mol. The van der Waals surface area contributed by atoms with Crippen LogP contribution in [0.4, 0.5) is 0 Å². The van der Waals surface area contributed by atoms with Crippen LogP contribution in [0.5, 0.6) is 0 Å². The highest BCUT2D eigenvalue weighted by Gasteiger charge is 2.16. The zero-order chi connectivity index (χ0) is 12.1. The average Bonchev–Trinajstić information content (AvgIpc) is 2.28. The molecular weight excluding hydrogens is 293 g/mol. The third kappa shape index (κ3) is 3.20. The summed E-state index contributed by atoms with van der Waals surface area (Å²) >= 11 is 9.16. The molecule has 0 unspecified atom stereocenters. The van der Waals surface area contributed by atoms with E-state index in [0.29, 0.717) is 28.1 Å². The number of amides is 1. The molecule has 0 saturated heterocycles. The number of nitrogens with zero attached hydrogens (tertiary/aromatic N) is 1. The molecule has 0 heterocycles. The molecule has 88 valence electrons. The van der Waals surface area contributed by atoms with Crippen LogP contribution in [-0.4, -0.2) is 35.6 Å². The van der Waals surface area contributed by atoms with Crippen LogP contribution < -0.4 is 0 Å². The number of rotatable bonds is 4. The number of benzene rings is 1. The summed E-state index contributed by atoms with van der Waals surface area (Å²) in [4.78, 5) is 13.6. The average molecular weight is 307 g/mol. The second-order valence-electron chi connectivity index (χ2n) is 3.23. The predicted octanol–water partition coefficient (Wildman–Crippen LogP) is 2.56. The van der Waals surface area contributed by atoms with Crippen molar-refractivity contribution < 1.29 is 9.90 Å². The Morgan fingerprint density at radius 2 is 2.25 bits per heavy atom. The van der Waals surface area contributed by atoms with Crippen molar-refractivity contribution in [3.8, 4) is 0 Å². The van der Waals surface area contributed by atoms with E-state index in [1.54, 1.807) is 23.1 Å². The van der Waals surface area contributed by atoms with Crippen LogP contribution in [0.1, 0.15) is 17.3 Å². The fourth-order valence-corrected chi connectivity index (χ4v) is 1.94. The Bertz CT molecular complexity index is 384. The van der Waals surface area contributed by atoms with Crippen molar-refractivity contribution in [2.24, 2.45) is 0 Å². The lowest BCUT2D eigenvalue weighted by Gasteiger charge is -2.20. The summed E-state index contributed by atoms with van der Waals surface area (Å²) in [5.74, 6) is -0.133. The molecule has 0 saturated carbocycles. The number of hydrogen-bond acceptors (Lipinski definition) is 2. The largest absolute Gasteiger partial charge is 0.395 e. The molecular formula is C11H13BrClNO2. The Morgan fingerprint density at radius 1 is 1.56 bits per heavy atom. The summed E-state index contributed by atoms with van der Waals surface area (Å²) in [7, 11) is 0. The standard InChI is InChI=1S/C11H13BrClNO2/c1-2-14(5-6-15)11(16)9-7-8(13)3-4-10(9)12/h3-4,7,15H,2,5-6H2,1H3. The first-order chi connectivity index (χ1) is 7.60. The first-order valence-corrected chi connectivity index (χ1v) is 6.12. The van der Waals surface area contributed by atoms with E-state index < -0.39 is 0 Å². The molecule has 0 fully saturated rings. The Kier molecular flexibility index (Phi) is 5.25. The minimum Gasteiger partial charge on any atom is -0.395 e. The van der Waals surface area contributed by atoms with E-state index in [1.165, 1.54) is 0 Å². The van der Waals surface area contributed by atoms with Gasteiger partial charge in [0.15, 0.2) is 0 Å². The van der Waals surface area contributed by atoms with Gasteiger partial charge in [-0.1, -0.05) is 11.6 Å². The second kappa shape index (κ2) is 6.23. The molecule has 1 aromatic rings. The Hall–Kier alpha value is -0.580. The molecule has 16 heavy (non-hydrogen) atoms. The number of aliphatic hydroxyl groups is 1. The molecule has 1 rings (SSSR count). The van der Waals surface area contributed by atoms with Gasteiger partial charge in [0.2, 0.25) is 0 Å². The van der Waals surface area contributed by atoms with E-state index in [9.17, 15) is 4.79 Å². The van der Waals surface area contributed by atoms with E-state index in [2.05, 4.69) is 15.9 Å². The minimum absolute atomic E-state index is 0.0439. The molecule has 0 atom stereocenters. The number of halogens is 2. The topological polar surface area (TPSA) is 40.5 Å². The van der Waals surface area contributed by atoms with E-state index in [-0.39, 0.29) is 12.5 Å². The Morgan fingerprint density at radius 3 is 2.81 bits per heavy atom. The van der Waals surface area contributed by atoms with Gasteiger partial charge in [-0.05, 0) is 41.1 Å². The molecule has 1 aromatic carbocycles. The molecule has 0 bridgehead atoms. The summed E-state index contributed by atoms with van der Waals surface area (Å²) < 4.78 is 0.707. The van der Waals surface area contributed by atoms with Gasteiger partial charge in [-0.15, -0.1) is 0 Å². The summed E-state index contributed by atoms with van der Waals surface area (Å²) in [6.45, 7) is 2.70. The summed E-state index contributed by atoms with van der Waals surface area (Å²) in [5, 5.41) is 9.38. The van der Waals surface area contributed by atoms with Gasteiger partial charge in [-0.3, -0.25) is 4.79 Å².